The third kappa shape index (κ3) is 3.70. The van der Waals surface area contributed by atoms with Gasteiger partial charge in [-0.05, 0) is 54.6 Å². The van der Waals surface area contributed by atoms with E-state index >= 15 is 0 Å². The first-order valence-corrected chi connectivity index (χ1v) is 9.07. The van der Waals surface area contributed by atoms with Crippen molar-refractivity contribution in [1.82, 2.24) is 0 Å². The van der Waals surface area contributed by atoms with Gasteiger partial charge in [-0.3, -0.25) is 0 Å². The fraction of sp³-hybridized carbons (Fsp3) is 0.0455. The normalized spacial score (nSPS) is 11.7. The molecule has 0 aliphatic heterocycles. The van der Waals surface area contributed by atoms with E-state index in [1.54, 1.807) is 19.2 Å². The molecule has 4 aromatic rings. The third-order valence-corrected chi connectivity index (χ3v) is 4.92. The summed E-state index contributed by atoms with van der Waals surface area (Å²) < 4.78 is 11.3. The smallest absolute Gasteiger partial charge is 0.136 e. The molecule has 0 amide bonds. The van der Waals surface area contributed by atoms with Crippen LogP contribution in [0, 0.1) is 0 Å². The summed E-state index contributed by atoms with van der Waals surface area (Å²) in [6.45, 7) is 0. The molecule has 0 saturated carbocycles. The summed E-state index contributed by atoms with van der Waals surface area (Å²) >= 11 is 12.1. The van der Waals surface area contributed by atoms with Gasteiger partial charge < -0.3 is 9.15 Å². The number of para-hydroxylation sites is 1. The van der Waals surface area contributed by atoms with E-state index in [9.17, 15) is 0 Å². The van der Waals surface area contributed by atoms with Gasteiger partial charge in [0, 0.05) is 17.0 Å². The average molecular weight is 396 g/mol. The van der Waals surface area contributed by atoms with Gasteiger partial charge in [-0.15, -0.1) is 0 Å². The van der Waals surface area contributed by atoms with Crippen molar-refractivity contribution in [3.63, 3.8) is 0 Å². The monoisotopic (exact) mass is 395 g/mol. The maximum atomic E-state index is 6.13. The van der Waals surface area contributed by atoms with Crippen LogP contribution < -0.4 is 10.1 Å². The van der Waals surface area contributed by atoms with Gasteiger partial charge in [-0.2, -0.15) is 0 Å². The van der Waals surface area contributed by atoms with Crippen LogP contribution in [0.1, 0.15) is 0 Å². The SMILES string of the molecule is COc1ccc(-c2cc(=Nc3ccc(Cl)c(Cl)c3)c3ccccc3o2)cc1. The van der Waals surface area contributed by atoms with Crippen molar-refractivity contribution >= 4 is 39.9 Å². The van der Waals surface area contributed by atoms with Gasteiger partial charge in [0.1, 0.15) is 17.1 Å². The summed E-state index contributed by atoms with van der Waals surface area (Å²) in [4.78, 5) is 4.76. The molecule has 134 valence electrons. The predicted molar refractivity (Wildman–Crippen MR) is 110 cm³/mol. The van der Waals surface area contributed by atoms with Crippen LogP contribution in [0.5, 0.6) is 5.75 Å². The van der Waals surface area contributed by atoms with Crippen LogP contribution in [0.3, 0.4) is 0 Å². The lowest BCUT2D eigenvalue weighted by molar-refractivity contribution is 0.415. The number of benzene rings is 3. The Bertz CT molecular complexity index is 1180. The lowest BCUT2D eigenvalue weighted by Gasteiger charge is -2.06. The average Bonchev–Trinajstić information content (AvgIpc) is 2.71. The predicted octanol–water partition coefficient (Wildman–Crippen LogP) is 6.65. The highest BCUT2D eigenvalue weighted by molar-refractivity contribution is 6.42. The third-order valence-electron chi connectivity index (χ3n) is 4.18. The van der Waals surface area contributed by atoms with E-state index in [0.29, 0.717) is 10.0 Å². The lowest BCUT2D eigenvalue weighted by atomic mass is 10.1. The molecule has 0 N–H and O–H groups in total. The summed E-state index contributed by atoms with van der Waals surface area (Å²) in [6.07, 6.45) is 0. The molecular weight excluding hydrogens is 381 g/mol. The van der Waals surface area contributed by atoms with Gasteiger partial charge in [-0.1, -0.05) is 35.3 Å². The maximum absolute atomic E-state index is 6.13. The molecule has 0 radical (unpaired) electrons. The van der Waals surface area contributed by atoms with Crippen LogP contribution in [0.25, 0.3) is 22.3 Å². The van der Waals surface area contributed by atoms with E-state index in [1.807, 2.05) is 60.7 Å². The molecule has 3 nitrogen and oxygen atoms in total. The number of fused-ring (bicyclic) bond motifs is 1. The van der Waals surface area contributed by atoms with Crippen molar-refractivity contribution in [2.24, 2.45) is 4.99 Å². The molecule has 0 atom stereocenters. The van der Waals surface area contributed by atoms with E-state index in [0.717, 1.165) is 39.1 Å². The fourth-order valence-electron chi connectivity index (χ4n) is 2.80. The number of methoxy groups -OCH3 is 1. The molecular formula is C22H15Cl2NO2. The summed E-state index contributed by atoms with van der Waals surface area (Å²) in [7, 11) is 1.64. The van der Waals surface area contributed by atoms with Gasteiger partial charge >= 0.3 is 0 Å². The zero-order valence-corrected chi connectivity index (χ0v) is 16.0. The van der Waals surface area contributed by atoms with Crippen molar-refractivity contribution in [2.45, 2.75) is 0 Å². The first-order valence-electron chi connectivity index (χ1n) is 8.31. The van der Waals surface area contributed by atoms with Gasteiger partial charge in [-0.25, -0.2) is 4.99 Å². The van der Waals surface area contributed by atoms with Crippen molar-refractivity contribution in [2.75, 3.05) is 7.11 Å². The molecule has 0 aliphatic carbocycles. The highest BCUT2D eigenvalue weighted by Gasteiger charge is 2.07. The molecule has 0 fully saturated rings. The van der Waals surface area contributed by atoms with Gasteiger partial charge in [0.25, 0.3) is 0 Å². The van der Waals surface area contributed by atoms with Crippen molar-refractivity contribution in [3.8, 4) is 17.1 Å². The highest BCUT2D eigenvalue weighted by atomic mass is 35.5. The number of nitrogens with zero attached hydrogens (tertiary/aromatic N) is 1. The molecule has 1 heterocycles. The van der Waals surface area contributed by atoms with Crippen molar-refractivity contribution in [1.29, 1.82) is 0 Å². The molecule has 0 saturated heterocycles. The molecule has 0 bridgehead atoms. The summed E-state index contributed by atoms with van der Waals surface area (Å²) in [5, 5.41) is 2.68. The Morgan fingerprint density at radius 3 is 2.37 bits per heavy atom. The lowest BCUT2D eigenvalue weighted by Crippen LogP contribution is -2.03. The Morgan fingerprint density at radius 1 is 0.852 bits per heavy atom. The second-order valence-corrected chi connectivity index (χ2v) is 6.75. The van der Waals surface area contributed by atoms with Crippen LogP contribution in [-0.2, 0) is 0 Å². The van der Waals surface area contributed by atoms with Crippen LogP contribution in [-0.4, -0.2) is 7.11 Å². The maximum Gasteiger partial charge on any atom is 0.136 e. The Labute approximate surface area is 166 Å². The number of hydrogen-bond donors (Lipinski definition) is 0. The number of halogens is 2. The molecule has 3 aromatic carbocycles. The van der Waals surface area contributed by atoms with E-state index in [-0.39, 0.29) is 0 Å². The summed E-state index contributed by atoms with van der Waals surface area (Å²) in [6, 6.07) is 22.7. The molecule has 1 aromatic heterocycles. The summed E-state index contributed by atoms with van der Waals surface area (Å²) in [5.41, 5.74) is 2.42. The number of ether oxygens (including phenoxy) is 1. The zero-order valence-electron chi connectivity index (χ0n) is 14.4. The molecule has 0 aliphatic rings. The Morgan fingerprint density at radius 2 is 1.63 bits per heavy atom. The molecule has 27 heavy (non-hydrogen) atoms. The first kappa shape index (κ1) is 17.7. The van der Waals surface area contributed by atoms with E-state index in [4.69, 9.17) is 37.3 Å². The van der Waals surface area contributed by atoms with Crippen molar-refractivity contribution < 1.29 is 9.15 Å². The van der Waals surface area contributed by atoms with E-state index in [2.05, 4.69) is 0 Å². The highest BCUT2D eigenvalue weighted by Crippen LogP contribution is 2.27. The van der Waals surface area contributed by atoms with Crippen molar-refractivity contribution in [3.05, 3.63) is 88.2 Å². The topological polar surface area (TPSA) is 34.7 Å². The Kier molecular flexibility index (Phi) is 4.88. The zero-order chi connectivity index (χ0) is 18.8. The first-order chi connectivity index (χ1) is 13.1. The minimum Gasteiger partial charge on any atom is -0.497 e. The minimum atomic E-state index is 0.471. The van der Waals surface area contributed by atoms with Gasteiger partial charge in [0.2, 0.25) is 0 Å². The fourth-order valence-corrected chi connectivity index (χ4v) is 3.09. The van der Waals surface area contributed by atoms with Crippen LogP contribution >= 0.6 is 23.2 Å². The second-order valence-electron chi connectivity index (χ2n) is 5.93. The van der Waals surface area contributed by atoms with Crippen LogP contribution in [0.15, 0.2) is 82.2 Å². The van der Waals surface area contributed by atoms with E-state index < -0.39 is 0 Å². The molecule has 0 spiro atoms. The van der Waals surface area contributed by atoms with Gasteiger partial charge in [0.15, 0.2) is 0 Å². The number of rotatable bonds is 3. The molecule has 4 rings (SSSR count). The molecule has 5 heteroatoms. The molecule has 0 unspecified atom stereocenters. The van der Waals surface area contributed by atoms with Gasteiger partial charge in [0.05, 0.1) is 28.2 Å². The number of hydrogen-bond acceptors (Lipinski definition) is 3. The quantitative estimate of drug-likeness (QED) is 0.389. The largest absolute Gasteiger partial charge is 0.497 e. The van der Waals surface area contributed by atoms with E-state index in [1.165, 1.54) is 0 Å². The summed E-state index contributed by atoms with van der Waals surface area (Å²) in [5.74, 6) is 1.51. The second kappa shape index (κ2) is 7.47. The van der Waals surface area contributed by atoms with Crippen LogP contribution in [0.2, 0.25) is 10.0 Å². The minimum absolute atomic E-state index is 0.471. The Hall–Kier alpha value is -2.75. The van der Waals surface area contributed by atoms with Crippen LogP contribution in [0.4, 0.5) is 5.69 Å². The standard InChI is InChI=1S/C22H15Cl2NO2/c1-26-16-9-6-14(7-10-16)22-13-20(17-4-2-3-5-21(17)27-22)25-15-8-11-18(23)19(24)12-15/h2-13H,1H3. The Balaban J connectivity index is 1.92.